The maximum absolute atomic E-state index is 13.4. The Bertz CT molecular complexity index is 843. The molecule has 1 aromatic carbocycles. The van der Waals surface area contributed by atoms with Gasteiger partial charge in [0.15, 0.2) is 15.9 Å². The molecule has 0 aliphatic heterocycles. The maximum Gasteiger partial charge on any atom is 0.391 e. The summed E-state index contributed by atoms with van der Waals surface area (Å²) in [6.45, 7) is 0. The third-order valence-electron chi connectivity index (χ3n) is 4.20. The van der Waals surface area contributed by atoms with Crippen LogP contribution < -0.4 is 4.74 Å². The molecule has 1 aliphatic carbocycles. The van der Waals surface area contributed by atoms with E-state index in [0.29, 0.717) is 8.95 Å². The third kappa shape index (κ3) is 5.14. The summed E-state index contributed by atoms with van der Waals surface area (Å²) in [5.41, 5.74) is 0. The largest absolute Gasteiger partial charge is 0.743 e. The Morgan fingerprint density at radius 2 is 1.48 bits per heavy atom. The number of benzene rings is 1. The van der Waals surface area contributed by atoms with Gasteiger partial charge < -0.3 is 9.29 Å². The van der Waals surface area contributed by atoms with Gasteiger partial charge in [-0.3, -0.25) is 9.59 Å². The lowest BCUT2D eigenvalue weighted by Crippen LogP contribution is -2.43. The number of alkyl halides is 2. The number of carbonyl (C=O) groups is 2. The molecule has 0 saturated heterocycles. The van der Waals surface area contributed by atoms with Crippen LogP contribution in [0.25, 0.3) is 0 Å². The van der Waals surface area contributed by atoms with E-state index in [1.807, 2.05) is 0 Å². The molecule has 0 unspecified atom stereocenters. The molecule has 0 radical (unpaired) electrons. The average Bonchev–Trinajstić information content (AvgIpc) is 2.56. The number of ketones is 1. The molecular weight excluding hydrogens is 586 g/mol. The van der Waals surface area contributed by atoms with Gasteiger partial charge in [-0.1, -0.05) is 15.9 Å². The Morgan fingerprint density at radius 1 is 1.04 bits per heavy atom. The monoisotopic (exact) mass is 595 g/mol. The van der Waals surface area contributed by atoms with Crippen LogP contribution >= 0.6 is 47.8 Å². The molecule has 0 spiro atoms. The second kappa shape index (κ2) is 8.52. The van der Waals surface area contributed by atoms with Gasteiger partial charge in [-0.25, -0.2) is 8.42 Å². The molecule has 0 N–H and O–H groups in total. The molecule has 27 heavy (non-hydrogen) atoms. The Morgan fingerprint density at radius 3 is 1.93 bits per heavy atom. The summed E-state index contributed by atoms with van der Waals surface area (Å²) in [7, 11) is -6.07. The summed E-state index contributed by atoms with van der Waals surface area (Å²) < 4.78 is 65.7. The molecule has 150 valence electrons. The first-order valence-corrected chi connectivity index (χ1v) is 11.4. The number of Topliss-reactive ketones (excluding diaryl/α,β-unsaturated/α-hetero) is 1. The second-order valence-electron chi connectivity index (χ2n) is 6.00. The lowest BCUT2D eigenvalue weighted by Gasteiger charge is -2.29. The average molecular weight is 598 g/mol. The van der Waals surface area contributed by atoms with Gasteiger partial charge in [0.25, 0.3) is 0 Å². The van der Waals surface area contributed by atoms with E-state index in [4.69, 9.17) is 4.74 Å². The highest BCUT2D eigenvalue weighted by Gasteiger charge is 2.50. The van der Waals surface area contributed by atoms with Crippen LogP contribution in [0.15, 0.2) is 25.6 Å². The van der Waals surface area contributed by atoms with Crippen molar-refractivity contribution >= 4 is 69.7 Å². The molecule has 1 fully saturated rings. The molecule has 1 aliphatic rings. The lowest BCUT2D eigenvalue weighted by molar-refractivity contribution is -0.144. The Kier molecular flexibility index (Phi) is 7.21. The van der Waals surface area contributed by atoms with E-state index in [-0.39, 0.29) is 31.4 Å². The Balaban J connectivity index is 2.02. The van der Waals surface area contributed by atoms with Crippen molar-refractivity contribution in [2.75, 3.05) is 0 Å². The Hall–Kier alpha value is -0.430. The van der Waals surface area contributed by atoms with Gasteiger partial charge in [0.2, 0.25) is 5.78 Å². The van der Waals surface area contributed by atoms with Crippen molar-refractivity contribution in [2.24, 2.45) is 11.8 Å². The van der Waals surface area contributed by atoms with Crippen molar-refractivity contribution in [1.82, 2.24) is 0 Å². The van der Waals surface area contributed by atoms with Crippen LogP contribution in [0, 0.1) is 11.8 Å². The van der Waals surface area contributed by atoms with Gasteiger partial charge in [-0.15, -0.1) is 0 Å². The van der Waals surface area contributed by atoms with E-state index < -0.39 is 39.0 Å². The number of halogens is 5. The highest BCUT2D eigenvalue weighted by Crippen LogP contribution is 2.39. The van der Waals surface area contributed by atoms with Crippen molar-refractivity contribution in [2.45, 2.75) is 30.9 Å². The van der Waals surface area contributed by atoms with Gasteiger partial charge >= 0.3 is 11.2 Å². The molecular formula is C15H12Br3F2O6S-. The van der Waals surface area contributed by atoms with Crippen molar-refractivity contribution < 1.29 is 36.1 Å². The summed E-state index contributed by atoms with van der Waals surface area (Å²) in [6, 6.07) is 3.35. The van der Waals surface area contributed by atoms with Crippen LogP contribution in [-0.2, 0) is 19.7 Å². The van der Waals surface area contributed by atoms with E-state index in [2.05, 4.69) is 47.8 Å². The molecule has 0 aromatic heterocycles. The van der Waals surface area contributed by atoms with E-state index in [0.717, 1.165) is 4.47 Å². The molecule has 12 heteroatoms. The van der Waals surface area contributed by atoms with Crippen molar-refractivity contribution in [1.29, 1.82) is 0 Å². The number of hydrogen-bond acceptors (Lipinski definition) is 6. The van der Waals surface area contributed by atoms with Crippen molar-refractivity contribution in [3.8, 4) is 5.75 Å². The predicted octanol–water partition coefficient (Wildman–Crippen LogP) is 4.39. The molecule has 6 nitrogen and oxygen atoms in total. The van der Waals surface area contributed by atoms with E-state index in [9.17, 15) is 31.3 Å². The fourth-order valence-electron chi connectivity index (χ4n) is 2.76. The smallest absolute Gasteiger partial charge is 0.391 e. The van der Waals surface area contributed by atoms with Gasteiger partial charge in [0, 0.05) is 10.4 Å². The summed E-state index contributed by atoms with van der Waals surface area (Å²) in [6.07, 6.45) is -0.134. The predicted molar refractivity (Wildman–Crippen MR) is 100 cm³/mol. The first-order chi connectivity index (χ1) is 12.3. The minimum Gasteiger partial charge on any atom is -0.743 e. The molecule has 1 aromatic rings. The quantitative estimate of drug-likeness (QED) is 0.283. The topological polar surface area (TPSA) is 101 Å². The standard InChI is InChI=1S/C15H13Br3F2O6S/c16-9-5-10(17)12(11(18)6-9)26-14(22)8-3-1-7(2-4-8)13(21)15(19,20)27(23,24)25/h5-8H,1-4H2,(H,23,24,25)/p-1. The van der Waals surface area contributed by atoms with Gasteiger partial charge in [-0.05, 0) is 69.7 Å². The molecule has 0 heterocycles. The first kappa shape index (κ1) is 22.9. The maximum atomic E-state index is 13.4. The van der Waals surface area contributed by atoms with E-state index in [1.54, 1.807) is 12.1 Å². The van der Waals surface area contributed by atoms with Crippen LogP contribution in [0.4, 0.5) is 8.78 Å². The van der Waals surface area contributed by atoms with Crippen LogP contribution in [0.1, 0.15) is 25.7 Å². The first-order valence-electron chi connectivity index (χ1n) is 7.58. The minimum absolute atomic E-state index is 0.0655. The third-order valence-corrected chi connectivity index (χ3v) is 6.66. The minimum atomic E-state index is -6.07. The number of carbonyl (C=O) groups excluding carboxylic acids is 2. The van der Waals surface area contributed by atoms with Crippen LogP contribution in [0.5, 0.6) is 5.75 Å². The fraction of sp³-hybridized carbons (Fsp3) is 0.467. The number of esters is 1. The zero-order valence-corrected chi connectivity index (χ0v) is 19.0. The molecule has 2 rings (SSSR count). The molecule has 1 saturated carbocycles. The van der Waals surface area contributed by atoms with Crippen LogP contribution in [-0.4, -0.2) is 30.0 Å². The molecule has 0 amide bonds. The SMILES string of the molecule is O=C(Oc1c(Br)cc(Br)cc1Br)C1CCC(C(=O)C(F)(F)S(=O)(=O)[O-])CC1. The van der Waals surface area contributed by atoms with Crippen LogP contribution in [0.3, 0.4) is 0 Å². The number of hydrogen-bond donors (Lipinski definition) is 0. The molecule has 0 bridgehead atoms. The number of rotatable bonds is 5. The summed E-state index contributed by atoms with van der Waals surface area (Å²) >= 11 is 9.82. The Labute approximate surface area is 179 Å². The fourth-order valence-corrected chi connectivity index (χ4v) is 5.60. The van der Waals surface area contributed by atoms with Gasteiger partial charge in [0.1, 0.15) is 0 Å². The van der Waals surface area contributed by atoms with Gasteiger partial charge in [-0.2, -0.15) is 8.78 Å². The number of ether oxygens (including phenoxy) is 1. The zero-order valence-electron chi connectivity index (χ0n) is 13.4. The zero-order chi connectivity index (χ0) is 20.6. The van der Waals surface area contributed by atoms with Crippen molar-refractivity contribution in [3.63, 3.8) is 0 Å². The van der Waals surface area contributed by atoms with E-state index >= 15 is 0 Å². The van der Waals surface area contributed by atoms with Crippen LogP contribution in [0.2, 0.25) is 0 Å². The highest BCUT2D eigenvalue weighted by molar-refractivity contribution is 9.11. The van der Waals surface area contributed by atoms with Crippen molar-refractivity contribution in [3.05, 3.63) is 25.6 Å². The summed E-state index contributed by atoms with van der Waals surface area (Å²) in [5.74, 6) is -4.17. The summed E-state index contributed by atoms with van der Waals surface area (Å²) in [4.78, 5) is 24.0. The van der Waals surface area contributed by atoms with E-state index in [1.165, 1.54) is 0 Å². The lowest BCUT2D eigenvalue weighted by atomic mass is 9.80. The summed E-state index contributed by atoms with van der Waals surface area (Å²) in [5, 5.41) is -4.96. The highest BCUT2D eigenvalue weighted by atomic mass is 79.9. The molecule has 0 atom stereocenters. The van der Waals surface area contributed by atoms with Gasteiger partial charge in [0.05, 0.1) is 14.9 Å². The second-order valence-corrected chi connectivity index (χ2v) is 10.0. The normalized spacial score (nSPS) is 21.0.